The second kappa shape index (κ2) is 6.73. The lowest BCUT2D eigenvalue weighted by molar-refractivity contribution is 0.113. The van der Waals surface area contributed by atoms with Crippen molar-refractivity contribution in [3.63, 3.8) is 0 Å². The summed E-state index contributed by atoms with van der Waals surface area (Å²) in [6.45, 7) is -0.257. The van der Waals surface area contributed by atoms with E-state index in [0.717, 1.165) is 5.56 Å². The molecule has 0 radical (unpaired) electrons. The topological polar surface area (TPSA) is 49.7 Å². The van der Waals surface area contributed by atoms with Gasteiger partial charge in [0.2, 0.25) is 0 Å². The Bertz CT molecular complexity index is 333. The summed E-state index contributed by atoms with van der Waals surface area (Å²) in [4.78, 5) is 0. The summed E-state index contributed by atoms with van der Waals surface area (Å²) in [7, 11) is 1.53. The van der Waals surface area contributed by atoms with Crippen LogP contribution in [0.4, 0.5) is 4.39 Å². The van der Waals surface area contributed by atoms with Gasteiger partial charge in [-0.25, -0.2) is 4.39 Å². The Morgan fingerprint density at radius 1 is 1.50 bits per heavy atom. The highest BCUT2D eigenvalue weighted by molar-refractivity contribution is 7.98. The van der Waals surface area contributed by atoms with Crippen LogP contribution in [0.3, 0.4) is 0 Å². The number of halogens is 1. The van der Waals surface area contributed by atoms with Gasteiger partial charge < -0.3 is 14.9 Å². The minimum Gasteiger partial charge on any atom is -0.496 e. The quantitative estimate of drug-likeness (QED) is 0.797. The molecule has 1 rings (SSSR count). The van der Waals surface area contributed by atoms with Crippen molar-refractivity contribution < 1.29 is 19.3 Å². The zero-order valence-corrected chi connectivity index (χ0v) is 9.84. The van der Waals surface area contributed by atoms with E-state index in [2.05, 4.69) is 0 Å². The zero-order chi connectivity index (χ0) is 12.0. The van der Waals surface area contributed by atoms with E-state index in [0.29, 0.717) is 17.3 Å². The molecule has 0 saturated heterocycles. The van der Waals surface area contributed by atoms with Crippen LogP contribution in [0, 0.1) is 5.82 Å². The third kappa shape index (κ3) is 4.00. The molecule has 0 heterocycles. The normalized spacial score (nSPS) is 12.5. The Labute approximate surface area is 98.2 Å². The van der Waals surface area contributed by atoms with Gasteiger partial charge in [0.25, 0.3) is 0 Å². The number of thioether (sulfide) groups is 1. The second-order valence-corrected chi connectivity index (χ2v) is 4.34. The van der Waals surface area contributed by atoms with Crippen molar-refractivity contribution in [1.29, 1.82) is 0 Å². The van der Waals surface area contributed by atoms with E-state index in [1.807, 2.05) is 0 Å². The van der Waals surface area contributed by atoms with Crippen molar-refractivity contribution in [1.82, 2.24) is 0 Å². The summed E-state index contributed by atoms with van der Waals surface area (Å²) in [5.74, 6) is 1.28. The number of hydrogen-bond acceptors (Lipinski definition) is 4. The Morgan fingerprint density at radius 3 is 2.88 bits per heavy atom. The number of methoxy groups -OCH3 is 1. The van der Waals surface area contributed by atoms with E-state index in [1.165, 1.54) is 31.0 Å². The third-order valence-electron chi connectivity index (χ3n) is 2.02. The van der Waals surface area contributed by atoms with Crippen LogP contribution in [0.1, 0.15) is 5.56 Å². The van der Waals surface area contributed by atoms with Gasteiger partial charge in [-0.2, -0.15) is 11.8 Å². The monoisotopic (exact) mass is 246 g/mol. The maximum absolute atomic E-state index is 13.0. The van der Waals surface area contributed by atoms with E-state index >= 15 is 0 Å². The molecule has 0 aliphatic carbocycles. The van der Waals surface area contributed by atoms with Gasteiger partial charge in [0.15, 0.2) is 0 Å². The fourth-order valence-corrected chi connectivity index (χ4v) is 2.16. The number of rotatable bonds is 6. The average Bonchev–Trinajstić information content (AvgIpc) is 2.29. The first kappa shape index (κ1) is 13.3. The van der Waals surface area contributed by atoms with Crippen molar-refractivity contribution in [2.75, 3.05) is 19.5 Å². The molecule has 90 valence electrons. The highest BCUT2D eigenvalue weighted by atomic mass is 32.2. The number of aliphatic hydroxyl groups is 2. The smallest absolute Gasteiger partial charge is 0.123 e. The number of hydrogen-bond donors (Lipinski definition) is 2. The molecule has 0 bridgehead atoms. The minimum absolute atomic E-state index is 0.257. The van der Waals surface area contributed by atoms with Gasteiger partial charge in [-0.3, -0.25) is 0 Å². The lowest BCUT2D eigenvalue weighted by Crippen LogP contribution is -2.14. The average molecular weight is 246 g/mol. The molecule has 0 aliphatic heterocycles. The van der Waals surface area contributed by atoms with E-state index in [-0.39, 0.29) is 12.4 Å². The second-order valence-electron chi connectivity index (χ2n) is 3.31. The van der Waals surface area contributed by atoms with Crippen LogP contribution in [0.2, 0.25) is 0 Å². The number of aliphatic hydroxyl groups excluding tert-OH is 2. The molecular formula is C11H15FO3S. The van der Waals surface area contributed by atoms with Crippen LogP contribution < -0.4 is 4.74 Å². The van der Waals surface area contributed by atoms with Crippen molar-refractivity contribution in [3.8, 4) is 5.75 Å². The molecule has 0 aliphatic rings. The summed E-state index contributed by atoms with van der Waals surface area (Å²) in [5, 5.41) is 17.8. The Kier molecular flexibility index (Phi) is 5.59. The van der Waals surface area contributed by atoms with E-state index in [9.17, 15) is 4.39 Å². The molecule has 0 unspecified atom stereocenters. The molecule has 0 saturated carbocycles. The molecule has 16 heavy (non-hydrogen) atoms. The molecule has 1 aromatic rings. The summed E-state index contributed by atoms with van der Waals surface area (Å²) < 4.78 is 18.1. The van der Waals surface area contributed by atoms with Crippen LogP contribution >= 0.6 is 11.8 Å². The summed E-state index contributed by atoms with van der Waals surface area (Å²) in [6.07, 6.45) is -0.732. The lowest BCUT2D eigenvalue weighted by atomic mass is 10.2. The van der Waals surface area contributed by atoms with Gasteiger partial charge in [-0.1, -0.05) is 0 Å². The van der Waals surface area contributed by atoms with Crippen molar-refractivity contribution in [3.05, 3.63) is 29.6 Å². The summed E-state index contributed by atoms with van der Waals surface area (Å²) >= 11 is 1.42. The van der Waals surface area contributed by atoms with Gasteiger partial charge in [0.05, 0.1) is 19.8 Å². The van der Waals surface area contributed by atoms with Crippen LogP contribution in [0.5, 0.6) is 5.75 Å². The number of ether oxygens (including phenoxy) is 1. The van der Waals surface area contributed by atoms with Crippen molar-refractivity contribution in [2.45, 2.75) is 11.9 Å². The van der Waals surface area contributed by atoms with Crippen LogP contribution in [0.15, 0.2) is 18.2 Å². The fourth-order valence-electron chi connectivity index (χ4n) is 1.22. The largest absolute Gasteiger partial charge is 0.496 e. The van der Waals surface area contributed by atoms with Crippen LogP contribution in [-0.4, -0.2) is 35.8 Å². The Morgan fingerprint density at radius 2 is 2.25 bits per heavy atom. The predicted octanol–water partition coefficient (Wildman–Crippen LogP) is 1.42. The molecule has 0 fully saturated rings. The Balaban J connectivity index is 2.55. The fraction of sp³-hybridized carbons (Fsp3) is 0.455. The standard InChI is InChI=1S/C11H15FO3S/c1-15-11-3-2-9(12)4-8(11)6-16-7-10(14)5-13/h2-4,10,13-14H,5-7H2,1H3/t10-/m0/s1. The van der Waals surface area contributed by atoms with Crippen LogP contribution in [0.25, 0.3) is 0 Å². The maximum atomic E-state index is 13.0. The first-order valence-electron chi connectivity index (χ1n) is 4.86. The predicted molar refractivity (Wildman–Crippen MR) is 62.2 cm³/mol. The zero-order valence-electron chi connectivity index (χ0n) is 9.02. The summed E-state index contributed by atoms with van der Waals surface area (Å²) in [6, 6.07) is 4.33. The molecule has 3 nitrogen and oxygen atoms in total. The highest BCUT2D eigenvalue weighted by Crippen LogP contribution is 2.24. The highest BCUT2D eigenvalue weighted by Gasteiger charge is 2.07. The lowest BCUT2D eigenvalue weighted by Gasteiger charge is -2.10. The molecule has 1 aromatic carbocycles. The molecule has 0 aromatic heterocycles. The van der Waals surface area contributed by atoms with E-state index < -0.39 is 6.10 Å². The van der Waals surface area contributed by atoms with Crippen molar-refractivity contribution in [2.24, 2.45) is 0 Å². The minimum atomic E-state index is -0.732. The molecular weight excluding hydrogens is 231 g/mol. The van der Waals surface area contributed by atoms with Crippen LogP contribution in [-0.2, 0) is 5.75 Å². The van der Waals surface area contributed by atoms with Crippen molar-refractivity contribution >= 4 is 11.8 Å². The maximum Gasteiger partial charge on any atom is 0.123 e. The summed E-state index contributed by atoms with van der Waals surface area (Å²) in [5.41, 5.74) is 0.748. The molecule has 0 amide bonds. The van der Waals surface area contributed by atoms with E-state index in [4.69, 9.17) is 14.9 Å². The van der Waals surface area contributed by atoms with Gasteiger partial charge in [-0.15, -0.1) is 0 Å². The molecule has 1 atom stereocenters. The van der Waals surface area contributed by atoms with Gasteiger partial charge >= 0.3 is 0 Å². The first-order valence-corrected chi connectivity index (χ1v) is 6.02. The SMILES string of the molecule is COc1ccc(F)cc1CSC[C@@H](O)CO. The van der Waals surface area contributed by atoms with Gasteiger partial charge in [-0.05, 0) is 18.2 Å². The van der Waals surface area contributed by atoms with Gasteiger partial charge in [0, 0.05) is 17.1 Å². The van der Waals surface area contributed by atoms with Gasteiger partial charge in [0.1, 0.15) is 11.6 Å². The number of benzene rings is 1. The molecule has 0 spiro atoms. The molecule has 2 N–H and O–H groups in total. The third-order valence-corrected chi connectivity index (χ3v) is 3.16. The molecule has 5 heteroatoms. The first-order chi connectivity index (χ1) is 7.67. The Hall–Kier alpha value is -0.780. The van der Waals surface area contributed by atoms with E-state index in [1.54, 1.807) is 6.07 Å².